The standard InChI is InChI=1S/C14H16N2O3S/c1-19-13-3-2-11(4-9(13)7-17)16-6-12-5-10(8-20-12)14(15)18/h2-5,8,16-17H,6-7H2,1H3,(H2,15,18). The summed E-state index contributed by atoms with van der Waals surface area (Å²) in [4.78, 5) is 12.0. The smallest absolute Gasteiger partial charge is 0.249 e. The van der Waals surface area contributed by atoms with E-state index in [1.807, 2.05) is 12.1 Å². The largest absolute Gasteiger partial charge is 0.496 e. The van der Waals surface area contributed by atoms with Crippen molar-refractivity contribution in [3.63, 3.8) is 0 Å². The van der Waals surface area contributed by atoms with Gasteiger partial charge in [-0.15, -0.1) is 11.3 Å². The lowest BCUT2D eigenvalue weighted by Crippen LogP contribution is -2.09. The summed E-state index contributed by atoms with van der Waals surface area (Å²) < 4.78 is 5.15. The predicted molar refractivity (Wildman–Crippen MR) is 79.1 cm³/mol. The molecule has 1 heterocycles. The van der Waals surface area contributed by atoms with Crippen molar-refractivity contribution >= 4 is 22.9 Å². The Bertz CT molecular complexity index is 610. The lowest BCUT2D eigenvalue weighted by Gasteiger charge is -2.10. The van der Waals surface area contributed by atoms with Gasteiger partial charge in [0.15, 0.2) is 0 Å². The molecule has 1 aromatic carbocycles. The van der Waals surface area contributed by atoms with Crippen LogP contribution in [0.25, 0.3) is 0 Å². The number of ether oxygens (including phenoxy) is 1. The topological polar surface area (TPSA) is 84.6 Å². The van der Waals surface area contributed by atoms with Gasteiger partial charge in [0.2, 0.25) is 5.91 Å². The predicted octanol–water partition coefficient (Wildman–Crippen LogP) is 1.96. The van der Waals surface area contributed by atoms with Crippen molar-refractivity contribution in [3.05, 3.63) is 45.6 Å². The number of methoxy groups -OCH3 is 1. The maximum Gasteiger partial charge on any atom is 0.249 e. The summed E-state index contributed by atoms with van der Waals surface area (Å²) in [6, 6.07) is 7.29. The number of hydrogen-bond donors (Lipinski definition) is 3. The average molecular weight is 292 g/mol. The molecule has 4 N–H and O–H groups in total. The molecular weight excluding hydrogens is 276 g/mol. The van der Waals surface area contributed by atoms with Gasteiger partial charge in [0, 0.05) is 28.1 Å². The number of benzene rings is 1. The average Bonchev–Trinajstić information content (AvgIpc) is 2.94. The molecular formula is C14H16N2O3S. The highest BCUT2D eigenvalue weighted by atomic mass is 32.1. The van der Waals surface area contributed by atoms with Gasteiger partial charge in [0.25, 0.3) is 0 Å². The number of nitrogens with two attached hydrogens (primary N) is 1. The van der Waals surface area contributed by atoms with Crippen LogP contribution < -0.4 is 15.8 Å². The maximum atomic E-state index is 11.0. The molecule has 0 saturated carbocycles. The Morgan fingerprint density at radius 3 is 2.85 bits per heavy atom. The first kappa shape index (κ1) is 14.4. The number of rotatable bonds is 6. The van der Waals surface area contributed by atoms with Crippen LogP contribution >= 0.6 is 11.3 Å². The molecule has 5 nitrogen and oxygen atoms in total. The SMILES string of the molecule is COc1ccc(NCc2cc(C(N)=O)cs2)cc1CO. The second kappa shape index (κ2) is 6.40. The molecule has 20 heavy (non-hydrogen) atoms. The summed E-state index contributed by atoms with van der Waals surface area (Å²) in [5.41, 5.74) is 7.34. The minimum atomic E-state index is -0.417. The first-order chi connectivity index (χ1) is 9.63. The number of aliphatic hydroxyl groups excluding tert-OH is 1. The van der Waals surface area contributed by atoms with Crippen molar-refractivity contribution in [3.8, 4) is 5.75 Å². The van der Waals surface area contributed by atoms with Crippen molar-refractivity contribution in [2.24, 2.45) is 5.73 Å². The minimum absolute atomic E-state index is 0.0798. The number of carbonyl (C=O) groups is 1. The van der Waals surface area contributed by atoms with Gasteiger partial charge < -0.3 is 20.9 Å². The van der Waals surface area contributed by atoms with Gasteiger partial charge in [0.05, 0.1) is 19.3 Å². The van der Waals surface area contributed by atoms with Crippen LogP contribution in [0.15, 0.2) is 29.6 Å². The molecule has 0 aliphatic rings. The van der Waals surface area contributed by atoms with Crippen LogP contribution in [-0.4, -0.2) is 18.1 Å². The van der Waals surface area contributed by atoms with Gasteiger partial charge in [-0.1, -0.05) is 0 Å². The molecule has 0 aliphatic carbocycles. The highest BCUT2D eigenvalue weighted by molar-refractivity contribution is 7.10. The van der Waals surface area contributed by atoms with Gasteiger partial charge in [-0.05, 0) is 24.3 Å². The second-order valence-electron chi connectivity index (χ2n) is 4.20. The van der Waals surface area contributed by atoms with E-state index in [9.17, 15) is 9.90 Å². The summed E-state index contributed by atoms with van der Waals surface area (Å²) >= 11 is 1.48. The Balaban J connectivity index is 2.04. The number of amides is 1. The monoisotopic (exact) mass is 292 g/mol. The highest BCUT2D eigenvalue weighted by Gasteiger charge is 2.06. The molecule has 0 radical (unpaired) electrons. The summed E-state index contributed by atoms with van der Waals surface area (Å²) in [5.74, 6) is 0.240. The van der Waals surface area contributed by atoms with E-state index in [1.165, 1.54) is 11.3 Å². The molecule has 0 unspecified atom stereocenters. The summed E-state index contributed by atoms with van der Waals surface area (Å²) in [5, 5.41) is 14.2. The fourth-order valence-corrected chi connectivity index (χ4v) is 2.62. The molecule has 0 fully saturated rings. The lowest BCUT2D eigenvalue weighted by molar-refractivity contribution is 0.100. The molecule has 0 aliphatic heterocycles. The van der Waals surface area contributed by atoms with E-state index in [1.54, 1.807) is 24.6 Å². The number of anilines is 1. The maximum absolute atomic E-state index is 11.0. The number of carbonyl (C=O) groups excluding carboxylic acids is 1. The lowest BCUT2D eigenvalue weighted by atomic mass is 10.2. The minimum Gasteiger partial charge on any atom is -0.496 e. The molecule has 0 spiro atoms. The molecule has 1 aromatic heterocycles. The third kappa shape index (κ3) is 3.28. The van der Waals surface area contributed by atoms with Crippen LogP contribution in [0.5, 0.6) is 5.75 Å². The zero-order valence-electron chi connectivity index (χ0n) is 11.1. The Hall–Kier alpha value is -2.05. The van der Waals surface area contributed by atoms with Crippen LogP contribution in [0.2, 0.25) is 0 Å². The van der Waals surface area contributed by atoms with Crippen LogP contribution in [-0.2, 0) is 13.2 Å². The summed E-state index contributed by atoms with van der Waals surface area (Å²) in [6.07, 6.45) is 0. The van der Waals surface area contributed by atoms with Crippen molar-refractivity contribution in [1.82, 2.24) is 0 Å². The number of aliphatic hydroxyl groups is 1. The number of primary amides is 1. The zero-order valence-corrected chi connectivity index (χ0v) is 11.9. The van der Waals surface area contributed by atoms with E-state index in [-0.39, 0.29) is 6.61 Å². The zero-order chi connectivity index (χ0) is 14.5. The van der Waals surface area contributed by atoms with E-state index >= 15 is 0 Å². The molecule has 2 rings (SSSR count). The molecule has 2 aromatic rings. The normalized spacial score (nSPS) is 10.3. The quantitative estimate of drug-likeness (QED) is 0.760. The van der Waals surface area contributed by atoms with Crippen molar-refractivity contribution in [2.45, 2.75) is 13.2 Å². The first-order valence-corrected chi connectivity index (χ1v) is 6.91. The fourth-order valence-electron chi connectivity index (χ4n) is 1.80. The van der Waals surface area contributed by atoms with E-state index in [4.69, 9.17) is 10.5 Å². The van der Waals surface area contributed by atoms with E-state index < -0.39 is 5.91 Å². The molecule has 1 amide bonds. The van der Waals surface area contributed by atoms with Gasteiger partial charge in [-0.2, -0.15) is 0 Å². The molecule has 6 heteroatoms. The Morgan fingerprint density at radius 1 is 1.45 bits per heavy atom. The van der Waals surface area contributed by atoms with Gasteiger partial charge in [-0.3, -0.25) is 4.79 Å². The van der Waals surface area contributed by atoms with Crippen molar-refractivity contribution in [1.29, 1.82) is 0 Å². The molecule has 0 bridgehead atoms. The van der Waals surface area contributed by atoms with Crippen molar-refractivity contribution < 1.29 is 14.6 Å². The van der Waals surface area contributed by atoms with Gasteiger partial charge in [-0.25, -0.2) is 0 Å². The summed E-state index contributed by atoms with van der Waals surface area (Å²) in [7, 11) is 1.57. The van der Waals surface area contributed by atoms with E-state index in [0.29, 0.717) is 17.9 Å². The Morgan fingerprint density at radius 2 is 2.25 bits per heavy atom. The summed E-state index contributed by atoms with van der Waals surface area (Å²) in [6.45, 7) is 0.513. The Labute approximate surface area is 121 Å². The number of thiophene rings is 1. The first-order valence-electron chi connectivity index (χ1n) is 6.03. The van der Waals surface area contributed by atoms with E-state index in [2.05, 4.69) is 5.32 Å². The van der Waals surface area contributed by atoms with Gasteiger partial charge >= 0.3 is 0 Å². The van der Waals surface area contributed by atoms with Crippen LogP contribution in [0, 0.1) is 0 Å². The molecule has 0 saturated heterocycles. The third-order valence-electron chi connectivity index (χ3n) is 2.86. The Kier molecular flexibility index (Phi) is 4.60. The van der Waals surface area contributed by atoms with Crippen LogP contribution in [0.4, 0.5) is 5.69 Å². The van der Waals surface area contributed by atoms with Gasteiger partial charge in [0.1, 0.15) is 5.75 Å². The second-order valence-corrected chi connectivity index (χ2v) is 5.20. The highest BCUT2D eigenvalue weighted by Crippen LogP contribution is 2.23. The number of nitrogens with one attached hydrogen (secondary N) is 1. The van der Waals surface area contributed by atoms with Crippen LogP contribution in [0.1, 0.15) is 20.8 Å². The van der Waals surface area contributed by atoms with Crippen molar-refractivity contribution in [2.75, 3.05) is 12.4 Å². The van der Waals surface area contributed by atoms with Crippen LogP contribution in [0.3, 0.4) is 0 Å². The molecule has 0 atom stereocenters. The number of hydrogen-bond acceptors (Lipinski definition) is 5. The molecule has 106 valence electrons. The fraction of sp³-hybridized carbons (Fsp3) is 0.214. The third-order valence-corrected chi connectivity index (χ3v) is 3.79. The van der Waals surface area contributed by atoms with E-state index in [0.717, 1.165) is 16.1 Å².